The average molecular weight is 180 g/mol. The highest BCUT2D eigenvalue weighted by Crippen LogP contribution is 2.09. The van der Waals surface area contributed by atoms with Gasteiger partial charge in [0.15, 0.2) is 0 Å². The molecule has 3 N–H and O–H groups in total. The molecular weight excluding hydrogens is 174 g/mol. The van der Waals surface area contributed by atoms with Gasteiger partial charge in [-0.3, -0.25) is 5.10 Å². The number of H-pyrrole nitrogens is 1. The van der Waals surface area contributed by atoms with Gasteiger partial charge < -0.3 is 10.0 Å². The van der Waals surface area contributed by atoms with E-state index in [1.165, 1.54) is 12.3 Å². The smallest absolute Gasteiger partial charge is 0.423 e. The van der Waals surface area contributed by atoms with Crippen LogP contribution >= 0.6 is 0 Å². The first-order valence-corrected chi connectivity index (χ1v) is 3.68. The van der Waals surface area contributed by atoms with Gasteiger partial charge in [0.1, 0.15) is 5.82 Å². The maximum atomic E-state index is 13.1. The summed E-state index contributed by atoms with van der Waals surface area (Å²) in [4.78, 5) is 0. The molecule has 0 aliphatic carbocycles. The minimum atomic E-state index is -1.82. The van der Waals surface area contributed by atoms with Gasteiger partial charge in [-0.15, -0.1) is 0 Å². The molecule has 1 heterocycles. The zero-order valence-electron chi connectivity index (χ0n) is 6.53. The molecule has 0 fully saturated rings. The normalized spacial score (nSPS) is 10.7. The van der Waals surface area contributed by atoms with E-state index in [1.54, 1.807) is 0 Å². The van der Waals surface area contributed by atoms with E-state index in [4.69, 9.17) is 10.0 Å². The van der Waals surface area contributed by atoms with Gasteiger partial charge in [-0.2, -0.15) is 5.10 Å². The van der Waals surface area contributed by atoms with Gasteiger partial charge in [0.05, 0.1) is 11.7 Å². The molecule has 66 valence electrons. The molecule has 0 aliphatic rings. The molecule has 1 aromatic heterocycles. The SMILES string of the molecule is OB(O)c1c(F)ccc2[nH]ncc12. The summed E-state index contributed by atoms with van der Waals surface area (Å²) in [6, 6.07) is 2.65. The number of nitrogens with one attached hydrogen (secondary N) is 1. The zero-order valence-corrected chi connectivity index (χ0v) is 6.53. The molecule has 0 saturated heterocycles. The van der Waals surface area contributed by atoms with E-state index in [9.17, 15) is 4.39 Å². The fourth-order valence-electron chi connectivity index (χ4n) is 1.28. The molecule has 0 amide bonds. The van der Waals surface area contributed by atoms with E-state index in [1.807, 2.05) is 0 Å². The van der Waals surface area contributed by atoms with Crippen LogP contribution in [0.15, 0.2) is 18.3 Å². The quantitative estimate of drug-likeness (QED) is 0.512. The molecule has 2 aromatic rings. The second kappa shape index (κ2) is 2.83. The minimum absolute atomic E-state index is 0.147. The molecule has 13 heavy (non-hydrogen) atoms. The molecule has 0 bridgehead atoms. The Bertz CT molecular complexity index is 443. The van der Waals surface area contributed by atoms with Gasteiger partial charge in [0.2, 0.25) is 0 Å². The molecule has 0 radical (unpaired) electrons. The number of aromatic amines is 1. The topological polar surface area (TPSA) is 69.1 Å². The molecule has 0 atom stereocenters. The summed E-state index contributed by atoms with van der Waals surface area (Å²) in [6.07, 6.45) is 1.35. The summed E-state index contributed by atoms with van der Waals surface area (Å²) < 4.78 is 13.1. The summed E-state index contributed by atoms with van der Waals surface area (Å²) in [6.45, 7) is 0. The molecule has 4 nitrogen and oxygen atoms in total. The molecule has 2 rings (SSSR count). The number of halogens is 1. The Morgan fingerprint density at radius 3 is 2.85 bits per heavy atom. The maximum Gasteiger partial charge on any atom is 0.492 e. The van der Waals surface area contributed by atoms with Crippen LogP contribution in [0.5, 0.6) is 0 Å². The van der Waals surface area contributed by atoms with E-state index < -0.39 is 12.9 Å². The molecule has 6 heteroatoms. The second-order valence-corrected chi connectivity index (χ2v) is 2.67. The van der Waals surface area contributed by atoms with Crippen LogP contribution in [0.2, 0.25) is 0 Å². The lowest BCUT2D eigenvalue weighted by atomic mass is 9.78. The van der Waals surface area contributed by atoms with Crippen molar-refractivity contribution in [2.24, 2.45) is 0 Å². The second-order valence-electron chi connectivity index (χ2n) is 2.67. The predicted molar refractivity (Wildman–Crippen MR) is 45.9 cm³/mol. The fourth-order valence-corrected chi connectivity index (χ4v) is 1.28. The van der Waals surface area contributed by atoms with Crippen molar-refractivity contribution in [1.82, 2.24) is 10.2 Å². The first-order chi connectivity index (χ1) is 6.20. The van der Waals surface area contributed by atoms with Crippen molar-refractivity contribution in [2.75, 3.05) is 0 Å². The third-order valence-corrected chi connectivity index (χ3v) is 1.87. The minimum Gasteiger partial charge on any atom is -0.423 e. The van der Waals surface area contributed by atoms with Crippen molar-refractivity contribution in [1.29, 1.82) is 0 Å². The van der Waals surface area contributed by atoms with Gasteiger partial charge >= 0.3 is 7.12 Å². The first-order valence-electron chi connectivity index (χ1n) is 3.68. The summed E-state index contributed by atoms with van der Waals surface area (Å²) >= 11 is 0. The van der Waals surface area contributed by atoms with Crippen molar-refractivity contribution in [3.8, 4) is 0 Å². The van der Waals surface area contributed by atoms with Gasteiger partial charge in [-0.05, 0) is 12.1 Å². The van der Waals surface area contributed by atoms with E-state index in [0.717, 1.165) is 6.07 Å². The van der Waals surface area contributed by atoms with Crippen molar-refractivity contribution in [3.05, 3.63) is 24.1 Å². The van der Waals surface area contributed by atoms with E-state index in [0.29, 0.717) is 10.9 Å². The Morgan fingerprint density at radius 1 is 1.38 bits per heavy atom. The van der Waals surface area contributed by atoms with Crippen LogP contribution in [-0.2, 0) is 0 Å². The van der Waals surface area contributed by atoms with Gasteiger partial charge in [-0.25, -0.2) is 4.39 Å². The molecule has 1 aromatic carbocycles. The lowest BCUT2D eigenvalue weighted by Crippen LogP contribution is -2.33. The Morgan fingerprint density at radius 2 is 2.15 bits per heavy atom. The number of nitrogens with zero attached hydrogens (tertiary/aromatic N) is 1. The van der Waals surface area contributed by atoms with Crippen LogP contribution in [0.25, 0.3) is 10.9 Å². The first kappa shape index (κ1) is 8.21. The van der Waals surface area contributed by atoms with Crippen molar-refractivity contribution >= 4 is 23.5 Å². The lowest BCUT2D eigenvalue weighted by Gasteiger charge is -2.01. The van der Waals surface area contributed by atoms with Crippen molar-refractivity contribution in [3.63, 3.8) is 0 Å². The van der Waals surface area contributed by atoms with E-state index >= 15 is 0 Å². The Balaban J connectivity index is 2.80. The number of rotatable bonds is 1. The van der Waals surface area contributed by atoms with Crippen LogP contribution in [-0.4, -0.2) is 27.4 Å². The maximum absolute atomic E-state index is 13.1. The van der Waals surface area contributed by atoms with Crippen LogP contribution in [0.4, 0.5) is 4.39 Å². The standard InChI is InChI=1S/C7H6BFN2O2/c9-5-1-2-6-4(3-10-11-6)7(5)8(12)13/h1-3,12-13H,(H,10,11). The van der Waals surface area contributed by atoms with Crippen molar-refractivity contribution in [2.45, 2.75) is 0 Å². The third kappa shape index (κ3) is 1.20. The van der Waals surface area contributed by atoms with Crippen molar-refractivity contribution < 1.29 is 14.4 Å². The molecular formula is C7H6BFN2O2. The van der Waals surface area contributed by atoms with E-state index in [2.05, 4.69) is 10.2 Å². The zero-order chi connectivity index (χ0) is 9.42. The Labute approximate surface area is 73.2 Å². The van der Waals surface area contributed by atoms with Gasteiger partial charge in [0.25, 0.3) is 0 Å². The lowest BCUT2D eigenvalue weighted by molar-refractivity contribution is 0.423. The average Bonchev–Trinajstić information content (AvgIpc) is 2.50. The van der Waals surface area contributed by atoms with Crippen LogP contribution in [0.1, 0.15) is 0 Å². The van der Waals surface area contributed by atoms with Gasteiger partial charge in [0, 0.05) is 10.8 Å². The summed E-state index contributed by atoms with van der Waals surface area (Å²) in [5.74, 6) is -0.649. The summed E-state index contributed by atoms with van der Waals surface area (Å²) in [7, 11) is -1.82. The number of hydrogen-bond donors (Lipinski definition) is 3. The third-order valence-electron chi connectivity index (χ3n) is 1.87. The molecule has 0 saturated carbocycles. The molecule has 0 aliphatic heterocycles. The van der Waals surface area contributed by atoms with Crippen LogP contribution < -0.4 is 5.46 Å². The van der Waals surface area contributed by atoms with Crippen LogP contribution in [0, 0.1) is 5.82 Å². The highest BCUT2D eigenvalue weighted by Gasteiger charge is 2.20. The number of benzene rings is 1. The highest BCUT2D eigenvalue weighted by atomic mass is 19.1. The summed E-state index contributed by atoms with van der Waals surface area (Å²) in [5.41, 5.74) is 0.427. The molecule has 0 spiro atoms. The highest BCUT2D eigenvalue weighted by molar-refractivity contribution is 6.62. The predicted octanol–water partition coefficient (Wildman–Crippen LogP) is -0.618. The Kier molecular flexibility index (Phi) is 1.79. The number of fused-ring (bicyclic) bond motifs is 1. The molecule has 0 unspecified atom stereocenters. The number of aromatic nitrogens is 2. The van der Waals surface area contributed by atoms with Gasteiger partial charge in [-0.1, -0.05) is 0 Å². The monoisotopic (exact) mass is 180 g/mol. The Hall–Kier alpha value is -1.40. The largest absolute Gasteiger partial charge is 0.492 e. The number of hydrogen-bond acceptors (Lipinski definition) is 3. The van der Waals surface area contributed by atoms with Crippen LogP contribution in [0.3, 0.4) is 0 Å². The summed E-state index contributed by atoms with van der Waals surface area (Å²) in [5, 5.41) is 24.4. The van der Waals surface area contributed by atoms with E-state index in [-0.39, 0.29) is 5.46 Å². The fraction of sp³-hybridized carbons (Fsp3) is 0.